The molecule has 0 spiro atoms. The van der Waals surface area contributed by atoms with Crippen LogP contribution < -0.4 is 0 Å². The van der Waals surface area contributed by atoms with Gasteiger partial charge >= 0.3 is 0 Å². The second-order valence-corrected chi connectivity index (χ2v) is 13.6. The van der Waals surface area contributed by atoms with E-state index in [4.69, 9.17) is 0 Å². The van der Waals surface area contributed by atoms with Crippen LogP contribution in [0.1, 0.15) is 106 Å². The highest BCUT2D eigenvalue weighted by Crippen LogP contribution is 2.69. The summed E-state index contributed by atoms with van der Waals surface area (Å²) in [5, 5.41) is 10.8. The van der Waals surface area contributed by atoms with Crippen molar-refractivity contribution >= 4 is 0 Å². The van der Waals surface area contributed by atoms with Crippen LogP contribution in [0.15, 0.2) is 24.8 Å². The molecule has 4 fully saturated rings. The van der Waals surface area contributed by atoms with Gasteiger partial charge in [-0.05, 0) is 128 Å². The van der Waals surface area contributed by atoms with Gasteiger partial charge in [0.1, 0.15) is 0 Å². The fraction of sp³-hybridized carbons (Fsp3) is 0.875. The number of allylic oxidation sites excluding steroid dienone is 3. The Morgan fingerprint density at radius 1 is 0.879 bits per heavy atom. The second kappa shape index (κ2) is 9.83. The molecular formula is C32H54O. The third kappa shape index (κ3) is 4.32. The first-order chi connectivity index (χ1) is 15.7. The first kappa shape index (κ1) is 25.5. The lowest BCUT2D eigenvalue weighted by Gasteiger charge is -2.62. The smallest absolute Gasteiger partial charge is 0.0574 e. The summed E-state index contributed by atoms with van der Waals surface area (Å²) in [5.41, 5.74) is 0.967. The molecule has 0 saturated heterocycles. The van der Waals surface area contributed by atoms with E-state index in [2.05, 4.69) is 66.3 Å². The van der Waals surface area contributed by atoms with Gasteiger partial charge in [-0.3, -0.25) is 0 Å². The van der Waals surface area contributed by atoms with Crippen molar-refractivity contribution in [1.82, 2.24) is 0 Å². The van der Waals surface area contributed by atoms with Crippen LogP contribution >= 0.6 is 0 Å². The molecule has 0 heterocycles. The van der Waals surface area contributed by atoms with Crippen LogP contribution in [0.4, 0.5) is 0 Å². The van der Waals surface area contributed by atoms with Crippen molar-refractivity contribution in [3.63, 3.8) is 0 Å². The molecule has 0 aromatic heterocycles. The Balaban J connectivity index is 1.51. The van der Waals surface area contributed by atoms with Gasteiger partial charge in [-0.1, -0.05) is 59.8 Å². The van der Waals surface area contributed by atoms with Gasteiger partial charge in [-0.2, -0.15) is 0 Å². The van der Waals surface area contributed by atoms with Crippen LogP contribution in [0.2, 0.25) is 0 Å². The first-order valence-electron chi connectivity index (χ1n) is 14.6. The number of aliphatic hydroxyl groups is 1. The third-order valence-electron chi connectivity index (χ3n) is 12.1. The molecule has 33 heavy (non-hydrogen) atoms. The van der Waals surface area contributed by atoms with Crippen molar-refractivity contribution in [3.05, 3.63) is 24.8 Å². The molecule has 0 unspecified atom stereocenters. The van der Waals surface area contributed by atoms with Gasteiger partial charge in [-0.25, -0.2) is 0 Å². The lowest BCUT2D eigenvalue weighted by atomic mass is 9.43. The molecule has 0 radical (unpaired) electrons. The Bertz CT molecular complexity index is 707. The van der Waals surface area contributed by atoms with Gasteiger partial charge < -0.3 is 5.11 Å². The zero-order chi connectivity index (χ0) is 24.0. The van der Waals surface area contributed by atoms with E-state index in [1.807, 2.05) is 0 Å². The molecule has 1 nitrogen and oxygen atoms in total. The standard InChI is InChI=1S/C32H54O/c1-8-10-25-28-14-13-24-27-16-15-26(22(5)11-12-23(9-2)21(3)4)31(27,6)19-17-29(24)32(28,7)20-18-30(25)33/h8,11-12,21-30,33H,1,9-10,13-20H2,2-7H3/b12-11+/t22-,23-,24+,25+,26-,27+,28+,29+,30-,31-,32+/m1/s1. The minimum absolute atomic E-state index is 0.104. The predicted molar refractivity (Wildman–Crippen MR) is 142 cm³/mol. The molecule has 11 atom stereocenters. The number of hydrogen-bond acceptors (Lipinski definition) is 1. The van der Waals surface area contributed by atoms with Gasteiger partial charge in [0.05, 0.1) is 6.10 Å². The maximum absolute atomic E-state index is 10.8. The van der Waals surface area contributed by atoms with Crippen molar-refractivity contribution in [1.29, 1.82) is 0 Å². The largest absolute Gasteiger partial charge is 0.393 e. The topological polar surface area (TPSA) is 20.2 Å². The summed E-state index contributed by atoms with van der Waals surface area (Å²) in [6.07, 6.45) is 20.2. The summed E-state index contributed by atoms with van der Waals surface area (Å²) in [6.45, 7) is 19.0. The number of rotatable bonds is 7. The molecule has 1 heteroatoms. The van der Waals surface area contributed by atoms with E-state index in [0.29, 0.717) is 28.6 Å². The maximum Gasteiger partial charge on any atom is 0.0574 e. The van der Waals surface area contributed by atoms with Crippen molar-refractivity contribution < 1.29 is 5.11 Å². The highest BCUT2D eigenvalue weighted by atomic mass is 16.3. The van der Waals surface area contributed by atoms with E-state index in [-0.39, 0.29) is 6.10 Å². The van der Waals surface area contributed by atoms with Crippen LogP contribution in [0, 0.1) is 64.1 Å². The summed E-state index contributed by atoms with van der Waals surface area (Å²) < 4.78 is 0. The lowest BCUT2D eigenvalue weighted by molar-refractivity contribution is -0.151. The van der Waals surface area contributed by atoms with E-state index in [9.17, 15) is 5.11 Å². The minimum atomic E-state index is -0.104. The molecule has 0 bridgehead atoms. The Kier molecular flexibility index (Phi) is 7.60. The number of hydrogen-bond donors (Lipinski definition) is 1. The molecule has 188 valence electrons. The molecule has 0 aliphatic heterocycles. The highest BCUT2D eigenvalue weighted by molar-refractivity contribution is 5.12. The van der Waals surface area contributed by atoms with E-state index < -0.39 is 0 Å². The van der Waals surface area contributed by atoms with E-state index in [1.165, 1.54) is 51.4 Å². The van der Waals surface area contributed by atoms with Crippen molar-refractivity contribution in [2.75, 3.05) is 0 Å². The highest BCUT2D eigenvalue weighted by Gasteiger charge is 2.61. The van der Waals surface area contributed by atoms with Crippen LogP contribution in [-0.2, 0) is 0 Å². The molecule has 0 aromatic rings. The number of aliphatic hydroxyl groups excluding tert-OH is 1. The molecule has 4 saturated carbocycles. The molecule has 4 aliphatic rings. The van der Waals surface area contributed by atoms with E-state index in [0.717, 1.165) is 48.3 Å². The predicted octanol–water partition coefficient (Wildman–Crippen LogP) is 8.68. The summed E-state index contributed by atoms with van der Waals surface area (Å²) in [4.78, 5) is 0. The molecular weight excluding hydrogens is 400 g/mol. The van der Waals surface area contributed by atoms with Gasteiger partial charge in [0.15, 0.2) is 0 Å². The zero-order valence-electron chi connectivity index (χ0n) is 22.7. The van der Waals surface area contributed by atoms with Crippen LogP contribution in [-0.4, -0.2) is 11.2 Å². The normalized spacial score (nSPS) is 47.1. The lowest BCUT2D eigenvalue weighted by Crippen LogP contribution is -2.56. The molecule has 0 amide bonds. The van der Waals surface area contributed by atoms with Crippen molar-refractivity contribution in [2.45, 2.75) is 112 Å². The average Bonchev–Trinajstić information content (AvgIpc) is 3.13. The molecule has 4 rings (SSSR count). The quantitative estimate of drug-likeness (QED) is 0.381. The van der Waals surface area contributed by atoms with Crippen LogP contribution in [0.3, 0.4) is 0 Å². The zero-order valence-corrected chi connectivity index (χ0v) is 22.7. The first-order valence-corrected chi connectivity index (χ1v) is 14.6. The Morgan fingerprint density at radius 3 is 2.21 bits per heavy atom. The Morgan fingerprint density at radius 2 is 1.55 bits per heavy atom. The fourth-order valence-electron chi connectivity index (χ4n) is 10.2. The van der Waals surface area contributed by atoms with Gasteiger partial charge in [-0.15, -0.1) is 6.58 Å². The summed E-state index contributed by atoms with van der Waals surface area (Å²) >= 11 is 0. The Hall–Kier alpha value is -0.560. The van der Waals surface area contributed by atoms with Crippen LogP contribution in [0.25, 0.3) is 0 Å². The summed E-state index contributed by atoms with van der Waals surface area (Å²) in [5.74, 6) is 6.91. The monoisotopic (exact) mass is 454 g/mol. The minimum Gasteiger partial charge on any atom is -0.393 e. The Labute approximate surface area is 205 Å². The van der Waals surface area contributed by atoms with E-state index >= 15 is 0 Å². The van der Waals surface area contributed by atoms with E-state index in [1.54, 1.807) is 0 Å². The maximum atomic E-state index is 10.8. The molecule has 1 N–H and O–H groups in total. The second-order valence-electron chi connectivity index (χ2n) is 13.6. The summed E-state index contributed by atoms with van der Waals surface area (Å²) in [7, 11) is 0. The summed E-state index contributed by atoms with van der Waals surface area (Å²) in [6, 6.07) is 0. The SMILES string of the molecule is C=CC[C@@H]1[C@H](O)CC[C@@]2(C)[C@H]1CC[C@@H]1[C@@H]2CC[C@]2(C)[C@@H]([C@H](C)/C=C/[C@@H](CC)C(C)C)CC[C@@H]12. The fourth-order valence-corrected chi connectivity index (χ4v) is 10.2. The average molecular weight is 455 g/mol. The number of fused-ring (bicyclic) bond motifs is 5. The van der Waals surface area contributed by atoms with Gasteiger partial charge in [0.2, 0.25) is 0 Å². The van der Waals surface area contributed by atoms with Crippen LogP contribution in [0.5, 0.6) is 0 Å². The van der Waals surface area contributed by atoms with Crippen molar-refractivity contribution in [3.8, 4) is 0 Å². The molecule has 0 aromatic carbocycles. The third-order valence-corrected chi connectivity index (χ3v) is 12.1. The van der Waals surface area contributed by atoms with Gasteiger partial charge in [0, 0.05) is 0 Å². The van der Waals surface area contributed by atoms with Gasteiger partial charge in [0.25, 0.3) is 0 Å². The molecule has 4 aliphatic carbocycles. The van der Waals surface area contributed by atoms with Crippen molar-refractivity contribution in [2.24, 2.45) is 64.1 Å².